The molecule has 0 saturated heterocycles. The van der Waals surface area contributed by atoms with Crippen LogP contribution < -0.4 is 5.32 Å². The number of nitrogens with zero attached hydrogens (tertiary/aromatic N) is 1. The Morgan fingerprint density at radius 1 is 1.19 bits per heavy atom. The minimum atomic E-state index is -1.07. The second-order valence-corrected chi connectivity index (χ2v) is 3.22. The molecule has 0 atom stereocenters. The molecule has 80 valence electrons. The Morgan fingerprint density at radius 2 is 2.00 bits per heavy atom. The van der Waals surface area contributed by atoms with Gasteiger partial charge in [0.25, 0.3) is 0 Å². The molecule has 1 aromatic carbocycles. The highest BCUT2D eigenvalue weighted by atomic mass is 16.4. The molecule has 2 rings (SSSR count). The maximum Gasteiger partial charge on any atom is 0.409 e. The molecule has 0 spiro atoms. The molecular formula is C12H10N2O2. The Bertz CT molecular complexity index is 497. The van der Waals surface area contributed by atoms with Crippen molar-refractivity contribution in [1.29, 1.82) is 0 Å². The molecule has 0 aliphatic rings. The van der Waals surface area contributed by atoms with Crippen LogP contribution in [0.3, 0.4) is 0 Å². The summed E-state index contributed by atoms with van der Waals surface area (Å²) in [6, 6.07) is 10.9. The fourth-order valence-corrected chi connectivity index (χ4v) is 1.48. The van der Waals surface area contributed by atoms with Gasteiger partial charge in [-0.3, -0.25) is 10.3 Å². The molecule has 1 aromatic heterocycles. The fourth-order valence-electron chi connectivity index (χ4n) is 1.48. The SMILES string of the molecule is O=C(O)Nc1ccccc1-c1cccnc1. The van der Waals surface area contributed by atoms with Gasteiger partial charge < -0.3 is 5.11 Å². The zero-order chi connectivity index (χ0) is 11.4. The number of rotatable bonds is 2. The number of aromatic nitrogens is 1. The standard InChI is InChI=1S/C12H10N2O2/c15-12(16)14-11-6-2-1-5-10(11)9-4-3-7-13-8-9/h1-8,14H,(H,15,16). The minimum absolute atomic E-state index is 0.558. The largest absolute Gasteiger partial charge is 0.465 e. The molecule has 1 amide bonds. The van der Waals surface area contributed by atoms with Crippen molar-refractivity contribution in [3.8, 4) is 11.1 Å². The van der Waals surface area contributed by atoms with Crippen molar-refractivity contribution in [3.05, 3.63) is 48.8 Å². The third kappa shape index (κ3) is 2.17. The van der Waals surface area contributed by atoms with Crippen LogP contribution in [0.2, 0.25) is 0 Å². The van der Waals surface area contributed by atoms with E-state index >= 15 is 0 Å². The molecule has 4 heteroatoms. The van der Waals surface area contributed by atoms with Crippen molar-refractivity contribution < 1.29 is 9.90 Å². The lowest BCUT2D eigenvalue weighted by Crippen LogP contribution is -2.08. The first kappa shape index (κ1) is 10.2. The predicted octanol–water partition coefficient (Wildman–Crippen LogP) is 2.84. The molecule has 16 heavy (non-hydrogen) atoms. The molecule has 0 fully saturated rings. The van der Waals surface area contributed by atoms with E-state index < -0.39 is 6.09 Å². The summed E-state index contributed by atoms with van der Waals surface area (Å²) in [6.07, 6.45) is 2.30. The Balaban J connectivity index is 2.44. The average Bonchev–Trinajstić information content (AvgIpc) is 2.30. The van der Waals surface area contributed by atoms with Crippen molar-refractivity contribution in [2.75, 3.05) is 5.32 Å². The van der Waals surface area contributed by atoms with Gasteiger partial charge in [-0.2, -0.15) is 0 Å². The number of nitrogens with one attached hydrogen (secondary N) is 1. The number of carboxylic acid groups (broad SMARTS) is 1. The van der Waals surface area contributed by atoms with Gasteiger partial charge in [-0.15, -0.1) is 0 Å². The van der Waals surface area contributed by atoms with E-state index in [1.807, 2.05) is 24.3 Å². The summed E-state index contributed by atoms with van der Waals surface area (Å²) in [5, 5.41) is 11.1. The topological polar surface area (TPSA) is 62.2 Å². The second-order valence-electron chi connectivity index (χ2n) is 3.22. The predicted molar refractivity (Wildman–Crippen MR) is 61.3 cm³/mol. The van der Waals surface area contributed by atoms with Crippen LogP contribution in [0.25, 0.3) is 11.1 Å². The number of amides is 1. The molecule has 0 radical (unpaired) electrons. The van der Waals surface area contributed by atoms with Crippen molar-refractivity contribution in [2.24, 2.45) is 0 Å². The van der Waals surface area contributed by atoms with Crippen LogP contribution in [-0.4, -0.2) is 16.2 Å². The van der Waals surface area contributed by atoms with Crippen LogP contribution in [0.5, 0.6) is 0 Å². The number of para-hydroxylation sites is 1. The third-order valence-corrected chi connectivity index (χ3v) is 2.14. The number of carbonyl (C=O) groups is 1. The van der Waals surface area contributed by atoms with Gasteiger partial charge in [0.2, 0.25) is 0 Å². The molecule has 0 aliphatic carbocycles. The van der Waals surface area contributed by atoms with Crippen LogP contribution in [0, 0.1) is 0 Å². The highest BCUT2D eigenvalue weighted by Crippen LogP contribution is 2.26. The second kappa shape index (κ2) is 4.44. The van der Waals surface area contributed by atoms with Gasteiger partial charge >= 0.3 is 6.09 Å². The van der Waals surface area contributed by atoms with Gasteiger partial charge in [0, 0.05) is 23.5 Å². The molecule has 2 aromatic rings. The molecule has 0 saturated carbocycles. The van der Waals surface area contributed by atoms with E-state index in [0.29, 0.717) is 5.69 Å². The van der Waals surface area contributed by atoms with Crippen LogP contribution in [0.4, 0.5) is 10.5 Å². The van der Waals surface area contributed by atoms with Gasteiger partial charge in [-0.1, -0.05) is 24.3 Å². The highest BCUT2D eigenvalue weighted by Gasteiger charge is 2.06. The van der Waals surface area contributed by atoms with E-state index in [9.17, 15) is 4.79 Å². The van der Waals surface area contributed by atoms with Crippen LogP contribution in [-0.2, 0) is 0 Å². The Kier molecular flexibility index (Phi) is 2.82. The molecule has 4 nitrogen and oxygen atoms in total. The number of pyridine rings is 1. The first-order chi connectivity index (χ1) is 7.77. The average molecular weight is 214 g/mol. The normalized spacial score (nSPS) is 9.75. The summed E-state index contributed by atoms with van der Waals surface area (Å²) in [5.74, 6) is 0. The lowest BCUT2D eigenvalue weighted by atomic mass is 10.1. The van der Waals surface area contributed by atoms with Gasteiger partial charge in [0.1, 0.15) is 0 Å². The summed E-state index contributed by atoms with van der Waals surface area (Å²) in [7, 11) is 0. The van der Waals surface area contributed by atoms with Gasteiger partial charge in [0.15, 0.2) is 0 Å². The number of hydrogen-bond acceptors (Lipinski definition) is 2. The summed E-state index contributed by atoms with van der Waals surface area (Å²) in [6.45, 7) is 0. The molecule has 1 heterocycles. The Hall–Kier alpha value is -2.36. The zero-order valence-electron chi connectivity index (χ0n) is 8.42. The quantitative estimate of drug-likeness (QED) is 0.807. The van der Waals surface area contributed by atoms with E-state index in [-0.39, 0.29) is 0 Å². The molecule has 2 N–H and O–H groups in total. The van der Waals surface area contributed by atoms with E-state index in [0.717, 1.165) is 11.1 Å². The summed E-state index contributed by atoms with van der Waals surface area (Å²) >= 11 is 0. The molecule has 0 aliphatic heterocycles. The first-order valence-corrected chi connectivity index (χ1v) is 4.77. The summed E-state index contributed by atoms with van der Waals surface area (Å²) < 4.78 is 0. The third-order valence-electron chi connectivity index (χ3n) is 2.14. The maximum absolute atomic E-state index is 10.6. The lowest BCUT2D eigenvalue weighted by molar-refractivity contribution is 0.210. The fraction of sp³-hybridized carbons (Fsp3) is 0. The number of anilines is 1. The maximum atomic E-state index is 10.6. The zero-order valence-corrected chi connectivity index (χ0v) is 8.42. The lowest BCUT2D eigenvalue weighted by Gasteiger charge is -2.08. The monoisotopic (exact) mass is 214 g/mol. The van der Waals surface area contributed by atoms with Crippen molar-refractivity contribution in [1.82, 2.24) is 4.98 Å². The smallest absolute Gasteiger partial charge is 0.409 e. The van der Waals surface area contributed by atoms with Gasteiger partial charge in [-0.25, -0.2) is 4.79 Å². The Labute approximate surface area is 92.6 Å². The minimum Gasteiger partial charge on any atom is -0.465 e. The molecule has 0 unspecified atom stereocenters. The number of benzene rings is 1. The highest BCUT2D eigenvalue weighted by molar-refractivity contribution is 5.90. The molecular weight excluding hydrogens is 204 g/mol. The van der Waals surface area contributed by atoms with Crippen molar-refractivity contribution in [2.45, 2.75) is 0 Å². The Morgan fingerprint density at radius 3 is 2.69 bits per heavy atom. The van der Waals surface area contributed by atoms with Crippen LogP contribution in [0.15, 0.2) is 48.8 Å². The number of hydrogen-bond donors (Lipinski definition) is 2. The first-order valence-electron chi connectivity index (χ1n) is 4.77. The van der Waals surface area contributed by atoms with Crippen LogP contribution >= 0.6 is 0 Å². The van der Waals surface area contributed by atoms with Gasteiger partial charge in [0.05, 0.1) is 5.69 Å². The van der Waals surface area contributed by atoms with E-state index in [4.69, 9.17) is 5.11 Å². The van der Waals surface area contributed by atoms with Crippen molar-refractivity contribution in [3.63, 3.8) is 0 Å². The van der Waals surface area contributed by atoms with E-state index in [1.54, 1.807) is 24.5 Å². The van der Waals surface area contributed by atoms with Gasteiger partial charge in [-0.05, 0) is 12.1 Å². The summed E-state index contributed by atoms with van der Waals surface area (Å²) in [5.41, 5.74) is 2.26. The van der Waals surface area contributed by atoms with E-state index in [2.05, 4.69) is 10.3 Å². The molecule has 0 bridgehead atoms. The van der Waals surface area contributed by atoms with E-state index in [1.165, 1.54) is 0 Å². The summed E-state index contributed by atoms with van der Waals surface area (Å²) in [4.78, 5) is 14.6. The van der Waals surface area contributed by atoms with Crippen LogP contribution in [0.1, 0.15) is 0 Å². The van der Waals surface area contributed by atoms with Crippen molar-refractivity contribution >= 4 is 11.8 Å².